The Hall–Kier alpha value is -2.28. The number of carbonyl (C=O) groups is 2. The van der Waals surface area contributed by atoms with Crippen molar-refractivity contribution in [2.45, 2.75) is 13.3 Å². The van der Waals surface area contributed by atoms with E-state index in [1.54, 1.807) is 12.1 Å². The van der Waals surface area contributed by atoms with Crippen molar-refractivity contribution in [3.8, 4) is 11.5 Å². The Labute approximate surface area is 143 Å². The van der Waals surface area contributed by atoms with E-state index in [9.17, 15) is 14.7 Å². The smallest absolute Gasteiger partial charge is 0.232 e. The number of phenolic OH excluding ortho intramolecular Hbond substituents is 1. The molecule has 3 N–H and O–H groups in total. The number of hydrogen-bond donors (Lipinski definition) is 3. The Morgan fingerprint density at radius 3 is 2.50 bits per heavy atom. The average molecular weight is 337 g/mol. The van der Waals surface area contributed by atoms with Crippen LogP contribution in [0, 0.1) is 5.92 Å². The number of rotatable bonds is 9. The summed E-state index contributed by atoms with van der Waals surface area (Å²) >= 11 is 0. The minimum Gasteiger partial charge on any atom is -0.504 e. The zero-order chi connectivity index (χ0) is 18.1. The summed E-state index contributed by atoms with van der Waals surface area (Å²) in [5.41, 5.74) is 0.740. The van der Waals surface area contributed by atoms with Crippen LogP contribution >= 0.6 is 0 Å². The van der Waals surface area contributed by atoms with Gasteiger partial charge in [0.25, 0.3) is 0 Å². The van der Waals surface area contributed by atoms with Gasteiger partial charge in [-0.1, -0.05) is 6.07 Å². The van der Waals surface area contributed by atoms with Gasteiger partial charge in [-0.2, -0.15) is 0 Å². The molecule has 0 aliphatic carbocycles. The van der Waals surface area contributed by atoms with Crippen LogP contribution in [0.15, 0.2) is 18.2 Å². The molecule has 1 rings (SSSR count). The second kappa shape index (κ2) is 9.77. The van der Waals surface area contributed by atoms with E-state index in [2.05, 4.69) is 10.6 Å². The number of carbonyl (C=O) groups excluding carboxylic acids is 2. The summed E-state index contributed by atoms with van der Waals surface area (Å²) in [5, 5.41) is 15.1. The minimum atomic E-state index is -0.832. The Balaban J connectivity index is 2.85. The summed E-state index contributed by atoms with van der Waals surface area (Å²) in [5.74, 6) is -1.12. The molecular formula is C17H27N3O4. The van der Waals surface area contributed by atoms with Crippen molar-refractivity contribution in [3.63, 3.8) is 0 Å². The molecule has 7 heteroatoms. The fourth-order valence-electron chi connectivity index (χ4n) is 2.21. The number of amides is 2. The standard InChI is InChI=1S/C17H27N3O4/c1-5-18-16(22)13(17(23)19-8-9-20(2)3)10-12-6-7-14(21)15(11-12)24-4/h6-7,11,13,21H,5,8-10H2,1-4H3,(H,18,22)(H,19,23). The third-order valence-electron chi connectivity index (χ3n) is 3.53. The van der Waals surface area contributed by atoms with E-state index in [4.69, 9.17) is 4.74 Å². The number of aromatic hydroxyl groups is 1. The van der Waals surface area contributed by atoms with E-state index < -0.39 is 5.92 Å². The molecule has 24 heavy (non-hydrogen) atoms. The summed E-state index contributed by atoms with van der Waals surface area (Å²) in [4.78, 5) is 26.6. The molecule has 1 atom stereocenters. The largest absolute Gasteiger partial charge is 0.504 e. The average Bonchev–Trinajstić information content (AvgIpc) is 2.53. The molecule has 0 bridgehead atoms. The molecule has 134 valence electrons. The molecule has 0 aromatic heterocycles. The van der Waals surface area contributed by atoms with Gasteiger partial charge in [-0.3, -0.25) is 9.59 Å². The summed E-state index contributed by atoms with van der Waals surface area (Å²) in [6.45, 7) is 3.43. The fraction of sp³-hybridized carbons (Fsp3) is 0.529. The maximum absolute atomic E-state index is 12.4. The van der Waals surface area contributed by atoms with Crippen molar-refractivity contribution in [2.75, 3.05) is 40.8 Å². The SMILES string of the molecule is CCNC(=O)C(Cc1ccc(O)c(OC)c1)C(=O)NCCN(C)C. The van der Waals surface area contributed by atoms with Crippen molar-refractivity contribution in [1.82, 2.24) is 15.5 Å². The monoisotopic (exact) mass is 337 g/mol. The van der Waals surface area contributed by atoms with Crippen molar-refractivity contribution in [3.05, 3.63) is 23.8 Å². The first-order valence-electron chi connectivity index (χ1n) is 7.95. The van der Waals surface area contributed by atoms with Crippen molar-refractivity contribution in [2.24, 2.45) is 5.92 Å². The molecular weight excluding hydrogens is 310 g/mol. The van der Waals surface area contributed by atoms with E-state index in [0.29, 0.717) is 25.4 Å². The molecule has 0 aliphatic heterocycles. The van der Waals surface area contributed by atoms with E-state index in [-0.39, 0.29) is 24.0 Å². The fourth-order valence-corrected chi connectivity index (χ4v) is 2.21. The summed E-state index contributed by atoms with van der Waals surface area (Å²) in [6, 6.07) is 4.80. The Bertz CT molecular complexity index is 561. The highest BCUT2D eigenvalue weighted by Gasteiger charge is 2.26. The van der Waals surface area contributed by atoms with Gasteiger partial charge in [0.1, 0.15) is 5.92 Å². The highest BCUT2D eigenvalue weighted by molar-refractivity contribution is 6.00. The third kappa shape index (κ3) is 6.08. The third-order valence-corrected chi connectivity index (χ3v) is 3.53. The van der Waals surface area contributed by atoms with Crippen LogP contribution in [-0.2, 0) is 16.0 Å². The first-order chi connectivity index (χ1) is 11.4. The molecule has 0 saturated heterocycles. The number of methoxy groups -OCH3 is 1. The predicted molar refractivity (Wildman–Crippen MR) is 92.1 cm³/mol. The number of nitrogens with zero attached hydrogens (tertiary/aromatic N) is 1. The second-order valence-electron chi connectivity index (χ2n) is 5.75. The van der Waals surface area contributed by atoms with Gasteiger partial charge in [-0.25, -0.2) is 0 Å². The van der Waals surface area contributed by atoms with Crippen LogP contribution in [0.25, 0.3) is 0 Å². The van der Waals surface area contributed by atoms with Crippen LogP contribution in [0.4, 0.5) is 0 Å². The van der Waals surface area contributed by atoms with Gasteiger partial charge in [0.05, 0.1) is 7.11 Å². The van der Waals surface area contributed by atoms with Crippen LogP contribution in [0.3, 0.4) is 0 Å². The van der Waals surface area contributed by atoms with Crippen LogP contribution in [0.5, 0.6) is 11.5 Å². The van der Waals surface area contributed by atoms with Crippen LogP contribution in [-0.4, -0.2) is 62.7 Å². The number of nitrogens with one attached hydrogen (secondary N) is 2. The first kappa shape index (κ1) is 19.8. The van der Waals surface area contributed by atoms with E-state index >= 15 is 0 Å². The zero-order valence-corrected chi connectivity index (χ0v) is 14.8. The topological polar surface area (TPSA) is 90.9 Å². The van der Waals surface area contributed by atoms with Gasteiger partial charge >= 0.3 is 0 Å². The molecule has 0 saturated carbocycles. The summed E-state index contributed by atoms with van der Waals surface area (Å²) in [7, 11) is 5.28. The van der Waals surface area contributed by atoms with Gasteiger partial charge in [0, 0.05) is 19.6 Å². The molecule has 2 amide bonds. The van der Waals surface area contributed by atoms with Crippen LogP contribution in [0.2, 0.25) is 0 Å². The molecule has 7 nitrogen and oxygen atoms in total. The number of likely N-dealkylation sites (N-methyl/N-ethyl adjacent to an activating group) is 1. The maximum atomic E-state index is 12.4. The molecule has 1 aromatic carbocycles. The van der Waals surface area contributed by atoms with Gasteiger partial charge in [-0.05, 0) is 45.1 Å². The van der Waals surface area contributed by atoms with Crippen LogP contribution in [0.1, 0.15) is 12.5 Å². The van der Waals surface area contributed by atoms with Gasteiger partial charge in [-0.15, -0.1) is 0 Å². The Kier molecular flexibility index (Phi) is 8.05. The lowest BCUT2D eigenvalue weighted by molar-refractivity contribution is -0.135. The Morgan fingerprint density at radius 2 is 1.92 bits per heavy atom. The predicted octanol–water partition coefficient (Wildman–Crippen LogP) is 0.373. The minimum absolute atomic E-state index is 0.0197. The first-order valence-corrected chi connectivity index (χ1v) is 7.95. The molecule has 0 radical (unpaired) electrons. The van der Waals surface area contributed by atoms with Crippen molar-refractivity contribution in [1.29, 1.82) is 0 Å². The lowest BCUT2D eigenvalue weighted by Gasteiger charge is -2.18. The molecule has 0 heterocycles. The summed E-state index contributed by atoms with van der Waals surface area (Å²) in [6.07, 6.45) is 0.232. The number of ether oxygens (including phenoxy) is 1. The van der Waals surface area contributed by atoms with Crippen molar-refractivity contribution >= 4 is 11.8 Å². The second-order valence-corrected chi connectivity index (χ2v) is 5.75. The maximum Gasteiger partial charge on any atom is 0.232 e. The van der Waals surface area contributed by atoms with E-state index in [1.165, 1.54) is 13.2 Å². The van der Waals surface area contributed by atoms with E-state index in [1.807, 2.05) is 25.9 Å². The number of phenols is 1. The quantitative estimate of drug-likeness (QED) is 0.567. The summed E-state index contributed by atoms with van der Waals surface area (Å²) < 4.78 is 5.07. The lowest BCUT2D eigenvalue weighted by atomic mass is 9.97. The number of benzene rings is 1. The molecule has 1 unspecified atom stereocenters. The lowest BCUT2D eigenvalue weighted by Crippen LogP contribution is -2.44. The number of hydrogen-bond acceptors (Lipinski definition) is 5. The van der Waals surface area contributed by atoms with Crippen molar-refractivity contribution < 1.29 is 19.4 Å². The molecule has 0 aliphatic rings. The van der Waals surface area contributed by atoms with Crippen LogP contribution < -0.4 is 15.4 Å². The highest BCUT2D eigenvalue weighted by Crippen LogP contribution is 2.27. The zero-order valence-electron chi connectivity index (χ0n) is 14.8. The van der Waals surface area contributed by atoms with Gasteiger partial charge < -0.3 is 25.4 Å². The molecule has 0 spiro atoms. The normalized spacial score (nSPS) is 11.9. The highest BCUT2D eigenvalue weighted by atomic mass is 16.5. The molecule has 1 aromatic rings. The van der Waals surface area contributed by atoms with Gasteiger partial charge in [0.2, 0.25) is 11.8 Å². The van der Waals surface area contributed by atoms with Gasteiger partial charge in [0.15, 0.2) is 11.5 Å². The Morgan fingerprint density at radius 1 is 1.25 bits per heavy atom. The molecule has 0 fully saturated rings. The van der Waals surface area contributed by atoms with E-state index in [0.717, 1.165) is 5.56 Å².